The van der Waals surface area contributed by atoms with Gasteiger partial charge in [0.25, 0.3) is 6.43 Å². The maximum atomic E-state index is 14.9. The Hall–Kier alpha value is -2.25. The van der Waals surface area contributed by atoms with Gasteiger partial charge in [0.1, 0.15) is 29.7 Å². The number of ether oxygens (including phenoxy) is 2. The van der Waals surface area contributed by atoms with E-state index in [4.69, 9.17) is 9.47 Å². The lowest BCUT2D eigenvalue weighted by Crippen LogP contribution is -3.00. The molecule has 5 rings (SSSR count). The molecule has 1 fully saturated rings. The number of hydrogen-bond acceptors (Lipinski definition) is 3. The number of para-hydroxylation sites is 2. The largest absolute Gasteiger partial charge is 1.00 e. The molecule has 0 amide bonds. The SMILES string of the molecule is C[N+]1(C)C2C=CC1CC(OC(=O)C1(C(F)F)c3ccccc3Oc3ccccc31)C2.[Br-]. The smallest absolute Gasteiger partial charge is 0.327 e. The maximum Gasteiger partial charge on any atom is 0.327 e. The van der Waals surface area contributed by atoms with Crippen molar-refractivity contribution in [2.45, 2.75) is 42.9 Å². The lowest BCUT2D eigenvalue weighted by atomic mass is 9.72. The fourth-order valence-electron chi connectivity index (χ4n) is 5.19. The second-order valence-corrected chi connectivity index (χ2v) is 8.85. The van der Waals surface area contributed by atoms with Crippen LogP contribution in [0, 0.1) is 0 Å². The number of esters is 1. The number of alkyl halides is 2. The summed E-state index contributed by atoms with van der Waals surface area (Å²) in [6, 6.07) is 13.4. The highest BCUT2D eigenvalue weighted by Crippen LogP contribution is 2.52. The second kappa shape index (κ2) is 7.71. The van der Waals surface area contributed by atoms with E-state index in [9.17, 15) is 13.6 Å². The highest BCUT2D eigenvalue weighted by atomic mass is 79.9. The quantitative estimate of drug-likeness (QED) is 0.370. The topological polar surface area (TPSA) is 35.5 Å². The number of halogens is 3. The van der Waals surface area contributed by atoms with Crippen LogP contribution in [0.2, 0.25) is 0 Å². The predicted molar refractivity (Wildman–Crippen MR) is 108 cm³/mol. The molecular weight excluding hydrogens is 468 g/mol. The summed E-state index contributed by atoms with van der Waals surface area (Å²) < 4.78 is 42.2. The Morgan fingerprint density at radius 2 is 1.48 bits per heavy atom. The average molecular weight is 492 g/mol. The standard InChI is InChI=1S/C24H24F2NO3.BrH/c1-27(2)15-11-12-16(27)14-17(13-15)29-23(28)24(22(25)26)18-7-3-5-9-20(18)30-21-10-6-4-8-19(21)24;/h3-12,15-17,22H,13-14H2,1-2H3;1H/q+1;/p-1. The van der Waals surface area contributed by atoms with Gasteiger partial charge in [0.2, 0.25) is 0 Å². The molecule has 3 aliphatic heterocycles. The van der Waals surface area contributed by atoms with Crippen LogP contribution in [0.25, 0.3) is 0 Å². The Morgan fingerprint density at radius 1 is 1.00 bits per heavy atom. The molecule has 164 valence electrons. The third-order valence-electron chi connectivity index (χ3n) is 7.04. The van der Waals surface area contributed by atoms with Crippen molar-refractivity contribution in [2.75, 3.05) is 14.1 Å². The highest BCUT2D eigenvalue weighted by molar-refractivity contribution is 5.91. The van der Waals surface area contributed by atoms with Gasteiger partial charge in [0.15, 0.2) is 5.41 Å². The van der Waals surface area contributed by atoms with Gasteiger partial charge in [-0.1, -0.05) is 36.4 Å². The zero-order valence-electron chi connectivity index (χ0n) is 17.3. The Balaban J connectivity index is 0.00000231. The average Bonchev–Trinajstić information content (AvgIpc) is 2.88. The summed E-state index contributed by atoms with van der Waals surface area (Å²) in [5.41, 5.74) is -1.91. The number of hydrogen-bond donors (Lipinski definition) is 0. The van der Waals surface area contributed by atoms with Crippen molar-refractivity contribution >= 4 is 5.97 Å². The van der Waals surface area contributed by atoms with Crippen LogP contribution in [0.1, 0.15) is 24.0 Å². The van der Waals surface area contributed by atoms with Crippen molar-refractivity contribution in [1.82, 2.24) is 0 Å². The Labute approximate surface area is 190 Å². The van der Waals surface area contributed by atoms with Gasteiger partial charge in [-0.25, -0.2) is 8.78 Å². The van der Waals surface area contributed by atoms with Crippen LogP contribution >= 0.6 is 0 Å². The minimum Gasteiger partial charge on any atom is -1.00 e. The monoisotopic (exact) mass is 491 g/mol. The van der Waals surface area contributed by atoms with Gasteiger partial charge < -0.3 is 30.9 Å². The molecule has 0 saturated carbocycles. The van der Waals surface area contributed by atoms with Crippen LogP contribution < -0.4 is 21.7 Å². The van der Waals surface area contributed by atoms with Crippen LogP contribution in [0.5, 0.6) is 11.5 Å². The van der Waals surface area contributed by atoms with Crippen molar-refractivity contribution in [3.63, 3.8) is 0 Å². The van der Waals surface area contributed by atoms with Crippen molar-refractivity contribution in [1.29, 1.82) is 0 Å². The minimum atomic E-state index is -2.98. The molecule has 2 aromatic rings. The maximum absolute atomic E-state index is 14.9. The number of benzene rings is 2. The zero-order chi connectivity index (χ0) is 21.1. The molecule has 4 nitrogen and oxygen atoms in total. The number of carbonyl (C=O) groups is 1. The summed E-state index contributed by atoms with van der Waals surface area (Å²) in [6.07, 6.45) is 2.18. The number of carbonyl (C=O) groups excluding carboxylic acids is 1. The van der Waals surface area contributed by atoms with E-state index in [0.29, 0.717) is 12.8 Å². The van der Waals surface area contributed by atoms with Crippen LogP contribution in [-0.4, -0.2) is 49.2 Å². The summed E-state index contributed by atoms with van der Waals surface area (Å²) >= 11 is 0. The highest BCUT2D eigenvalue weighted by Gasteiger charge is 2.58. The van der Waals surface area contributed by atoms with Crippen LogP contribution in [0.3, 0.4) is 0 Å². The van der Waals surface area contributed by atoms with Gasteiger partial charge in [-0.3, -0.25) is 4.79 Å². The van der Waals surface area contributed by atoms with E-state index in [1.807, 2.05) is 0 Å². The fourth-order valence-corrected chi connectivity index (χ4v) is 5.19. The van der Waals surface area contributed by atoms with E-state index >= 15 is 0 Å². The normalized spacial score (nSPS) is 26.3. The Kier molecular flexibility index (Phi) is 5.46. The summed E-state index contributed by atoms with van der Waals surface area (Å²) in [7, 11) is 4.30. The molecule has 31 heavy (non-hydrogen) atoms. The first kappa shape index (κ1) is 22.0. The number of fused-ring (bicyclic) bond motifs is 4. The molecule has 0 spiro atoms. The first-order chi connectivity index (χ1) is 14.3. The number of nitrogens with zero attached hydrogens (tertiary/aromatic N) is 1. The van der Waals surface area contributed by atoms with E-state index in [2.05, 4.69) is 26.2 Å². The molecule has 0 aromatic heterocycles. The van der Waals surface area contributed by atoms with Gasteiger partial charge in [0, 0.05) is 24.0 Å². The second-order valence-electron chi connectivity index (χ2n) is 8.85. The van der Waals surface area contributed by atoms with Crippen molar-refractivity contribution in [3.8, 4) is 11.5 Å². The van der Waals surface area contributed by atoms with Crippen molar-refractivity contribution in [2.24, 2.45) is 0 Å². The van der Waals surface area contributed by atoms with Crippen molar-refractivity contribution in [3.05, 3.63) is 71.8 Å². The van der Waals surface area contributed by atoms with Crippen LogP contribution in [0.15, 0.2) is 60.7 Å². The third-order valence-corrected chi connectivity index (χ3v) is 7.04. The van der Waals surface area contributed by atoms with Gasteiger partial charge in [0.05, 0.1) is 14.1 Å². The fraction of sp³-hybridized carbons (Fsp3) is 0.375. The summed E-state index contributed by atoms with van der Waals surface area (Å²) in [5.74, 6) is -0.384. The third kappa shape index (κ3) is 3.12. The molecule has 1 saturated heterocycles. The zero-order valence-corrected chi connectivity index (χ0v) is 18.9. The molecule has 2 aromatic carbocycles. The lowest BCUT2D eigenvalue weighted by molar-refractivity contribution is -0.926. The summed E-state index contributed by atoms with van der Waals surface area (Å²) in [4.78, 5) is 13.6. The van der Waals surface area contributed by atoms with Gasteiger partial charge in [-0.05, 0) is 24.3 Å². The van der Waals surface area contributed by atoms with Crippen LogP contribution in [-0.2, 0) is 14.9 Å². The number of rotatable bonds is 3. The minimum absolute atomic E-state index is 0. The van der Waals surface area contributed by atoms with E-state index in [-0.39, 0.29) is 51.7 Å². The molecule has 0 aliphatic carbocycles. The first-order valence-corrected chi connectivity index (χ1v) is 10.2. The molecule has 2 atom stereocenters. The van der Waals surface area contributed by atoms with E-state index < -0.39 is 23.9 Å². The molecule has 2 unspecified atom stereocenters. The van der Waals surface area contributed by atoms with E-state index in [1.54, 1.807) is 36.4 Å². The first-order valence-electron chi connectivity index (χ1n) is 10.2. The molecule has 7 heteroatoms. The summed E-state index contributed by atoms with van der Waals surface area (Å²) in [6.45, 7) is 0. The van der Waals surface area contributed by atoms with E-state index in [0.717, 1.165) is 4.48 Å². The van der Waals surface area contributed by atoms with E-state index in [1.165, 1.54) is 12.1 Å². The van der Waals surface area contributed by atoms with Gasteiger partial charge >= 0.3 is 5.97 Å². The summed E-state index contributed by atoms with van der Waals surface area (Å²) in [5, 5.41) is 0. The van der Waals surface area contributed by atoms with Gasteiger partial charge in [-0.2, -0.15) is 0 Å². The Bertz CT molecular complexity index is 975. The molecule has 0 radical (unpaired) electrons. The molecule has 3 heterocycles. The molecular formula is C24H24BrF2NO3. The number of quaternary nitrogens is 1. The predicted octanol–water partition coefficient (Wildman–Crippen LogP) is 1.44. The van der Waals surface area contributed by atoms with Crippen LogP contribution in [0.4, 0.5) is 8.78 Å². The number of piperidine rings is 1. The number of likely N-dealkylation sites (N-methyl/N-ethyl adjacent to an activating group) is 1. The van der Waals surface area contributed by atoms with Crippen molar-refractivity contribution < 1.29 is 44.5 Å². The molecule has 2 bridgehead atoms. The lowest BCUT2D eigenvalue weighted by Gasteiger charge is -2.45. The molecule has 3 aliphatic rings. The Morgan fingerprint density at radius 3 is 1.97 bits per heavy atom. The van der Waals surface area contributed by atoms with Gasteiger partial charge in [-0.15, -0.1) is 0 Å². The molecule has 0 N–H and O–H groups in total.